The molecular formula is C34H32N4O8. The monoisotopic (exact) mass is 624 g/mol. The molecule has 0 saturated heterocycles. The second-order valence-electron chi connectivity index (χ2n) is 10.2. The molecule has 0 atom stereocenters. The van der Waals surface area contributed by atoms with Crippen LogP contribution in [0.25, 0.3) is 5.69 Å². The van der Waals surface area contributed by atoms with Gasteiger partial charge in [-0.3, -0.25) is 14.9 Å². The topological polar surface area (TPSA) is 140 Å². The molecule has 0 fully saturated rings. The van der Waals surface area contributed by atoms with Crippen LogP contribution in [0, 0.1) is 24.0 Å². The van der Waals surface area contributed by atoms with E-state index < -0.39 is 10.8 Å². The molecular weight excluding hydrogens is 592 g/mol. The summed E-state index contributed by atoms with van der Waals surface area (Å²) < 4.78 is 30.5. The number of benzene rings is 3. The highest BCUT2D eigenvalue weighted by Gasteiger charge is 2.16. The number of furan rings is 1. The van der Waals surface area contributed by atoms with Crippen molar-refractivity contribution in [1.29, 1.82) is 0 Å². The van der Waals surface area contributed by atoms with Crippen molar-refractivity contribution in [3.8, 4) is 28.7 Å². The van der Waals surface area contributed by atoms with E-state index >= 15 is 0 Å². The molecule has 2 heterocycles. The molecule has 0 aliphatic carbocycles. The molecule has 0 radical (unpaired) electrons. The number of nitrogens with one attached hydrogen (secondary N) is 1. The number of hydrogen-bond donors (Lipinski definition) is 1. The molecule has 0 unspecified atom stereocenters. The molecule has 12 nitrogen and oxygen atoms in total. The number of nitro groups is 1. The van der Waals surface area contributed by atoms with Gasteiger partial charge in [-0.25, -0.2) is 5.43 Å². The van der Waals surface area contributed by atoms with Crippen LogP contribution in [0.4, 0.5) is 5.69 Å². The van der Waals surface area contributed by atoms with Gasteiger partial charge in [-0.05, 0) is 92.2 Å². The number of amides is 1. The van der Waals surface area contributed by atoms with Crippen molar-refractivity contribution in [2.75, 3.05) is 14.2 Å². The van der Waals surface area contributed by atoms with E-state index in [1.807, 2.05) is 24.3 Å². The minimum Gasteiger partial charge on any atom is -0.493 e. The largest absolute Gasteiger partial charge is 0.493 e. The summed E-state index contributed by atoms with van der Waals surface area (Å²) in [6.45, 7) is 4.40. The van der Waals surface area contributed by atoms with Gasteiger partial charge in [0, 0.05) is 34.8 Å². The average molecular weight is 625 g/mol. The Kier molecular flexibility index (Phi) is 9.66. The number of carbonyl (C=O) groups is 1. The molecule has 3 aromatic carbocycles. The minimum absolute atomic E-state index is 0.00729. The van der Waals surface area contributed by atoms with Crippen LogP contribution in [0.1, 0.15) is 38.8 Å². The van der Waals surface area contributed by atoms with Crippen LogP contribution < -0.4 is 24.4 Å². The van der Waals surface area contributed by atoms with Crippen LogP contribution >= 0.6 is 0 Å². The van der Waals surface area contributed by atoms with Crippen LogP contribution in [0.15, 0.2) is 94.4 Å². The fourth-order valence-electron chi connectivity index (χ4n) is 4.71. The Bertz CT molecular complexity index is 1810. The van der Waals surface area contributed by atoms with Gasteiger partial charge in [0.05, 0.1) is 25.4 Å². The Hall–Kier alpha value is -6.04. The lowest BCUT2D eigenvalue weighted by Gasteiger charge is -2.15. The first kappa shape index (κ1) is 31.4. The number of nitrogens with zero attached hydrogens (tertiary/aromatic N) is 3. The summed E-state index contributed by atoms with van der Waals surface area (Å²) in [5.74, 6) is 1.78. The molecule has 46 heavy (non-hydrogen) atoms. The third-order valence-corrected chi connectivity index (χ3v) is 7.03. The number of non-ortho nitro benzene ring substituents is 1. The molecule has 0 saturated carbocycles. The normalized spacial score (nSPS) is 11.0. The minimum atomic E-state index is -0.536. The number of rotatable bonds is 13. The fraction of sp³-hybridized carbons (Fsp3) is 0.176. The number of methoxy groups -OCH3 is 2. The summed E-state index contributed by atoms with van der Waals surface area (Å²) in [6, 6.07) is 24.5. The predicted octanol–water partition coefficient (Wildman–Crippen LogP) is 6.53. The van der Waals surface area contributed by atoms with Gasteiger partial charge in [-0.2, -0.15) is 5.10 Å². The standard InChI is InChI=1S/C34H32N4O8/c1-22-5-6-23(2)37(22)26-11-13-28(14-12-26)44-21-29-15-16-30(46-29)34(39)36-35-19-25-17-31(42-3)33(32(18-25)43-4)45-20-24-7-9-27(10-8-24)38(40)41/h5-19H,20-21H2,1-4H3,(H,36,39)/b35-19+. The maximum Gasteiger partial charge on any atom is 0.307 e. The second kappa shape index (κ2) is 14.2. The van der Waals surface area contributed by atoms with E-state index in [4.69, 9.17) is 23.4 Å². The van der Waals surface area contributed by atoms with Crippen LogP contribution in [-0.2, 0) is 13.2 Å². The van der Waals surface area contributed by atoms with Crippen molar-refractivity contribution in [1.82, 2.24) is 9.99 Å². The highest BCUT2D eigenvalue weighted by atomic mass is 16.6. The van der Waals surface area contributed by atoms with Gasteiger partial charge >= 0.3 is 5.91 Å². The van der Waals surface area contributed by atoms with E-state index in [0.717, 1.165) is 22.6 Å². The Morgan fingerprint density at radius 1 is 0.891 bits per heavy atom. The maximum absolute atomic E-state index is 12.6. The van der Waals surface area contributed by atoms with Gasteiger partial charge in [0.25, 0.3) is 5.69 Å². The van der Waals surface area contributed by atoms with Crippen LogP contribution in [-0.4, -0.2) is 35.8 Å². The second-order valence-corrected chi connectivity index (χ2v) is 10.2. The SMILES string of the molecule is COc1cc(/C=N/NC(=O)c2ccc(COc3ccc(-n4c(C)ccc4C)cc3)o2)cc(OC)c1OCc1ccc([N+](=O)[O-])cc1. The van der Waals surface area contributed by atoms with Crippen molar-refractivity contribution in [2.45, 2.75) is 27.1 Å². The zero-order valence-corrected chi connectivity index (χ0v) is 25.7. The van der Waals surface area contributed by atoms with Crippen LogP contribution in [0.5, 0.6) is 23.0 Å². The summed E-state index contributed by atoms with van der Waals surface area (Å²) in [5.41, 5.74) is 7.08. The van der Waals surface area contributed by atoms with E-state index in [1.165, 1.54) is 32.6 Å². The van der Waals surface area contributed by atoms with Crippen LogP contribution in [0.2, 0.25) is 0 Å². The lowest BCUT2D eigenvalue weighted by molar-refractivity contribution is -0.384. The first-order chi connectivity index (χ1) is 22.2. The molecule has 2 aromatic heterocycles. The zero-order valence-electron chi connectivity index (χ0n) is 25.7. The summed E-state index contributed by atoms with van der Waals surface area (Å²) in [6.07, 6.45) is 1.43. The number of nitro benzene ring substituents is 1. The maximum atomic E-state index is 12.6. The highest BCUT2D eigenvalue weighted by Crippen LogP contribution is 2.38. The van der Waals surface area contributed by atoms with Gasteiger partial charge < -0.3 is 27.9 Å². The predicted molar refractivity (Wildman–Crippen MR) is 170 cm³/mol. The third-order valence-electron chi connectivity index (χ3n) is 7.03. The van der Waals surface area contributed by atoms with Crippen molar-refractivity contribution in [3.63, 3.8) is 0 Å². The van der Waals surface area contributed by atoms with E-state index in [1.54, 1.807) is 36.4 Å². The number of ether oxygens (including phenoxy) is 4. The van der Waals surface area contributed by atoms with Crippen molar-refractivity contribution in [3.05, 3.63) is 129 Å². The first-order valence-corrected chi connectivity index (χ1v) is 14.2. The molecule has 1 amide bonds. The average Bonchev–Trinajstić information content (AvgIpc) is 3.68. The number of aromatic nitrogens is 1. The smallest absolute Gasteiger partial charge is 0.307 e. The van der Waals surface area contributed by atoms with Crippen molar-refractivity contribution in [2.24, 2.45) is 5.10 Å². The Morgan fingerprint density at radius 3 is 2.15 bits per heavy atom. The molecule has 12 heteroatoms. The molecule has 236 valence electrons. The highest BCUT2D eigenvalue weighted by molar-refractivity contribution is 5.92. The van der Waals surface area contributed by atoms with E-state index in [9.17, 15) is 14.9 Å². The van der Waals surface area contributed by atoms with Crippen LogP contribution in [0.3, 0.4) is 0 Å². The molecule has 0 spiro atoms. The molecule has 5 rings (SSSR count). The number of carbonyl (C=O) groups excluding carboxylic acids is 1. The Morgan fingerprint density at radius 2 is 1.54 bits per heavy atom. The van der Waals surface area contributed by atoms with Gasteiger partial charge in [-0.1, -0.05) is 0 Å². The first-order valence-electron chi connectivity index (χ1n) is 14.2. The third kappa shape index (κ3) is 7.36. The summed E-state index contributed by atoms with van der Waals surface area (Å²) in [5, 5.41) is 14.9. The number of hydrogen-bond acceptors (Lipinski definition) is 9. The Labute approximate surface area is 264 Å². The lowest BCUT2D eigenvalue weighted by Crippen LogP contribution is -2.16. The molecule has 0 aliphatic rings. The summed E-state index contributed by atoms with van der Waals surface area (Å²) >= 11 is 0. The Balaban J connectivity index is 1.16. The zero-order chi connectivity index (χ0) is 32.6. The van der Waals surface area contributed by atoms with Gasteiger partial charge in [0.2, 0.25) is 5.75 Å². The van der Waals surface area contributed by atoms with Crippen molar-refractivity contribution < 1.29 is 33.1 Å². The van der Waals surface area contributed by atoms with E-state index in [0.29, 0.717) is 34.3 Å². The quantitative estimate of drug-likeness (QED) is 0.0886. The number of hydrazone groups is 1. The summed E-state index contributed by atoms with van der Waals surface area (Å²) in [4.78, 5) is 23.1. The van der Waals surface area contributed by atoms with Crippen molar-refractivity contribution >= 4 is 17.8 Å². The van der Waals surface area contributed by atoms with Gasteiger partial charge in [0.15, 0.2) is 17.3 Å². The number of aryl methyl sites for hydroxylation is 2. The van der Waals surface area contributed by atoms with E-state index in [-0.39, 0.29) is 24.7 Å². The summed E-state index contributed by atoms with van der Waals surface area (Å²) in [7, 11) is 2.96. The molecule has 5 aromatic rings. The molecule has 1 N–H and O–H groups in total. The molecule has 0 bridgehead atoms. The van der Waals surface area contributed by atoms with Gasteiger partial charge in [-0.15, -0.1) is 0 Å². The molecule has 0 aliphatic heterocycles. The fourth-order valence-corrected chi connectivity index (χ4v) is 4.71. The van der Waals surface area contributed by atoms with E-state index in [2.05, 4.69) is 41.1 Å². The van der Waals surface area contributed by atoms with Gasteiger partial charge in [0.1, 0.15) is 24.7 Å². The lowest BCUT2D eigenvalue weighted by atomic mass is 10.2.